The van der Waals surface area contributed by atoms with Gasteiger partial charge in [0.25, 0.3) is 0 Å². The van der Waals surface area contributed by atoms with Gasteiger partial charge in [-0.2, -0.15) is 5.10 Å². The van der Waals surface area contributed by atoms with E-state index in [-0.39, 0.29) is 5.41 Å². The van der Waals surface area contributed by atoms with Crippen molar-refractivity contribution in [3.8, 4) is 22.9 Å². The van der Waals surface area contributed by atoms with E-state index in [1.165, 1.54) is 5.56 Å². The normalized spacial score (nSPS) is 12.6. The largest absolute Gasteiger partial charge is 0.493 e. The van der Waals surface area contributed by atoms with Crippen LogP contribution in [0, 0.1) is 0 Å². The minimum Gasteiger partial charge on any atom is -0.493 e. The molecule has 0 aliphatic heterocycles. The van der Waals surface area contributed by atoms with Gasteiger partial charge >= 0.3 is 0 Å². The fourth-order valence-corrected chi connectivity index (χ4v) is 2.97. The first-order valence-corrected chi connectivity index (χ1v) is 9.43. The Balaban J connectivity index is 1.83. The number of methoxy groups -OCH3 is 1. The quantitative estimate of drug-likeness (QED) is 0.668. The van der Waals surface area contributed by atoms with Crippen LogP contribution in [0.4, 0.5) is 0 Å². The summed E-state index contributed by atoms with van der Waals surface area (Å²) in [4.78, 5) is 4.60. The highest BCUT2D eigenvalue weighted by Gasteiger charge is 2.18. The third-order valence-corrected chi connectivity index (χ3v) is 4.65. The van der Waals surface area contributed by atoms with Crippen LogP contribution in [0.2, 0.25) is 0 Å². The van der Waals surface area contributed by atoms with Crippen molar-refractivity contribution in [2.24, 2.45) is 5.73 Å². The maximum Gasteiger partial charge on any atom is 0.181 e. The molecule has 148 valence electrons. The first-order valence-electron chi connectivity index (χ1n) is 9.43. The highest BCUT2D eigenvalue weighted by atomic mass is 16.5. The van der Waals surface area contributed by atoms with Gasteiger partial charge in [0.05, 0.1) is 19.8 Å². The van der Waals surface area contributed by atoms with Crippen LogP contribution in [-0.4, -0.2) is 28.9 Å². The molecule has 3 N–H and O–H groups in total. The van der Waals surface area contributed by atoms with E-state index in [2.05, 4.69) is 48.1 Å². The lowest BCUT2D eigenvalue weighted by Gasteiger charge is -2.18. The average Bonchev–Trinajstić information content (AvgIpc) is 3.17. The maximum atomic E-state index is 6.41. The molecule has 3 aromatic rings. The van der Waals surface area contributed by atoms with Crippen molar-refractivity contribution in [3.63, 3.8) is 0 Å². The zero-order chi connectivity index (χ0) is 20.3. The molecule has 0 aliphatic carbocycles. The minimum absolute atomic E-state index is 0.109. The van der Waals surface area contributed by atoms with E-state index in [0.29, 0.717) is 29.8 Å². The van der Waals surface area contributed by atoms with Crippen molar-refractivity contribution in [2.45, 2.75) is 39.2 Å². The van der Waals surface area contributed by atoms with Crippen LogP contribution in [0.5, 0.6) is 11.5 Å². The number of aromatic nitrogens is 3. The van der Waals surface area contributed by atoms with Crippen LogP contribution in [-0.2, 0) is 5.41 Å². The molecule has 0 fully saturated rings. The SMILES string of the molecule is CCOc1ccc(C(N)c2nc(-c3ccc(C(C)(C)C)cc3)n[nH]2)cc1OC. The van der Waals surface area contributed by atoms with E-state index >= 15 is 0 Å². The van der Waals surface area contributed by atoms with Gasteiger partial charge in [-0.25, -0.2) is 4.98 Å². The predicted octanol–water partition coefficient (Wildman–Crippen LogP) is 4.22. The standard InChI is InChI=1S/C22H28N4O2/c1-6-28-17-12-9-15(13-18(17)27-5)19(23)21-24-20(25-26-21)14-7-10-16(11-8-14)22(2,3)4/h7-13,19H,6,23H2,1-5H3,(H,24,25,26). The van der Waals surface area contributed by atoms with Gasteiger partial charge in [0.2, 0.25) is 0 Å². The molecule has 0 saturated carbocycles. The summed E-state index contributed by atoms with van der Waals surface area (Å²) in [6, 6.07) is 13.5. The van der Waals surface area contributed by atoms with E-state index in [1.807, 2.05) is 37.3 Å². The van der Waals surface area contributed by atoms with Gasteiger partial charge in [0.15, 0.2) is 17.3 Å². The van der Waals surface area contributed by atoms with Gasteiger partial charge in [-0.3, -0.25) is 5.10 Å². The molecule has 0 radical (unpaired) electrons. The van der Waals surface area contributed by atoms with Crippen LogP contribution in [0.15, 0.2) is 42.5 Å². The lowest BCUT2D eigenvalue weighted by molar-refractivity contribution is 0.310. The summed E-state index contributed by atoms with van der Waals surface area (Å²) in [7, 11) is 1.61. The highest BCUT2D eigenvalue weighted by Crippen LogP contribution is 2.31. The van der Waals surface area contributed by atoms with Crippen LogP contribution < -0.4 is 15.2 Å². The molecular weight excluding hydrogens is 352 g/mol. The van der Waals surface area contributed by atoms with E-state index in [0.717, 1.165) is 11.1 Å². The first-order chi connectivity index (χ1) is 13.3. The zero-order valence-corrected chi connectivity index (χ0v) is 17.1. The molecule has 0 spiro atoms. The molecule has 1 heterocycles. The summed E-state index contributed by atoms with van der Waals surface area (Å²) in [5.74, 6) is 2.57. The summed E-state index contributed by atoms with van der Waals surface area (Å²) >= 11 is 0. The Bertz CT molecular complexity index is 926. The van der Waals surface area contributed by atoms with Crippen LogP contribution >= 0.6 is 0 Å². The molecule has 3 rings (SSSR count). The van der Waals surface area contributed by atoms with Gasteiger partial charge in [0.1, 0.15) is 5.82 Å². The monoisotopic (exact) mass is 380 g/mol. The summed E-state index contributed by atoms with van der Waals surface area (Å²) in [5.41, 5.74) is 9.60. The fraction of sp³-hybridized carbons (Fsp3) is 0.364. The van der Waals surface area contributed by atoms with Gasteiger partial charge < -0.3 is 15.2 Å². The van der Waals surface area contributed by atoms with E-state index in [4.69, 9.17) is 15.2 Å². The number of ether oxygens (including phenoxy) is 2. The van der Waals surface area contributed by atoms with Gasteiger partial charge in [0, 0.05) is 5.56 Å². The second-order valence-corrected chi connectivity index (χ2v) is 7.69. The molecule has 6 heteroatoms. The number of benzene rings is 2. The Kier molecular flexibility index (Phi) is 5.70. The smallest absolute Gasteiger partial charge is 0.181 e. The number of nitrogens with two attached hydrogens (primary N) is 1. The molecule has 1 atom stereocenters. The number of nitrogens with zero attached hydrogens (tertiary/aromatic N) is 2. The zero-order valence-electron chi connectivity index (χ0n) is 17.1. The number of H-pyrrole nitrogens is 1. The Morgan fingerprint density at radius 3 is 2.39 bits per heavy atom. The average molecular weight is 380 g/mol. The molecule has 0 amide bonds. The van der Waals surface area contributed by atoms with Gasteiger partial charge in [-0.15, -0.1) is 0 Å². The summed E-state index contributed by atoms with van der Waals surface area (Å²) in [6.07, 6.45) is 0. The Morgan fingerprint density at radius 2 is 1.79 bits per heavy atom. The summed E-state index contributed by atoms with van der Waals surface area (Å²) in [6.45, 7) is 9.08. The van der Waals surface area contributed by atoms with Crippen molar-refractivity contribution >= 4 is 0 Å². The van der Waals surface area contributed by atoms with Crippen molar-refractivity contribution in [1.82, 2.24) is 15.2 Å². The summed E-state index contributed by atoms with van der Waals surface area (Å²) in [5, 5.41) is 7.31. The third kappa shape index (κ3) is 4.17. The molecule has 2 aromatic carbocycles. The number of rotatable bonds is 6. The van der Waals surface area contributed by atoms with Crippen LogP contribution in [0.25, 0.3) is 11.4 Å². The molecular formula is C22H28N4O2. The molecule has 1 aromatic heterocycles. The van der Waals surface area contributed by atoms with Crippen molar-refractivity contribution in [1.29, 1.82) is 0 Å². The second-order valence-electron chi connectivity index (χ2n) is 7.69. The van der Waals surface area contributed by atoms with Crippen molar-refractivity contribution in [3.05, 3.63) is 59.4 Å². The lowest BCUT2D eigenvalue weighted by atomic mass is 9.87. The topological polar surface area (TPSA) is 86.0 Å². The molecule has 0 bridgehead atoms. The molecule has 0 aliphatic rings. The van der Waals surface area contributed by atoms with E-state index < -0.39 is 6.04 Å². The number of aromatic amines is 1. The van der Waals surface area contributed by atoms with Crippen molar-refractivity contribution in [2.75, 3.05) is 13.7 Å². The Labute approximate surface area is 166 Å². The second kappa shape index (κ2) is 8.02. The molecule has 0 saturated heterocycles. The van der Waals surface area contributed by atoms with Crippen LogP contribution in [0.3, 0.4) is 0 Å². The predicted molar refractivity (Wildman–Crippen MR) is 111 cm³/mol. The number of nitrogens with one attached hydrogen (secondary N) is 1. The van der Waals surface area contributed by atoms with Gasteiger partial charge in [-0.1, -0.05) is 51.1 Å². The van der Waals surface area contributed by atoms with Crippen molar-refractivity contribution < 1.29 is 9.47 Å². The van der Waals surface area contributed by atoms with E-state index in [1.54, 1.807) is 7.11 Å². The fourth-order valence-electron chi connectivity index (χ4n) is 2.97. The van der Waals surface area contributed by atoms with Crippen LogP contribution in [0.1, 0.15) is 50.7 Å². The highest BCUT2D eigenvalue weighted by molar-refractivity contribution is 5.55. The number of hydrogen-bond donors (Lipinski definition) is 2. The Hall–Kier alpha value is -2.86. The third-order valence-electron chi connectivity index (χ3n) is 4.65. The summed E-state index contributed by atoms with van der Waals surface area (Å²) < 4.78 is 11.0. The first kappa shape index (κ1) is 19.9. The Morgan fingerprint density at radius 1 is 1.07 bits per heavy atom. The molecule has 6 nitrogen and oxygen atoms in total. The number of hydrogen-bond acceptors (Lipinski definition) is 5. The lowest BCUT2D eigenvalue weighted by Crippen LogP contribution is -2.14. The molecule has 28 heavy (non-hydrogen) atoms. The van der Waals surface area contributed by atoms with E-state index in [9.17, 15) is 0 Å². The molecule has 1 unspecified atom stereocenters. The minimum atomic E-state index is -0.445. The maximum absolute atomic E-state index is 6.41. The van der Waals surface area contributed by atoms with Gasteiger partial charge in [-0.05, 0) is 35.6 Å².